The number of nitrogens with zero attached hydrogens (tertiary/aromatic N) is 5. The van der Waals surface area contributed by atoms with Crippen molar-refractivity contribution in [3.63, 3.8) is 0 Å². The maximum absolute atomic E-state index is 6.46. The van der Waals surface area contributed by atoms with E-state index in [2.05, 4.69) is 50.0 Å². The van der Waals surface area contributed by atoms with E-state index < -0.39 is 0 Å². The van der Waals surface area contributed by atoms with Crippen LogP contribution in [0.2, 0.25) is 0 Å². The monoisotopic (exact) mass is 510 g/mol. The van der Waals surface area contributed by atoms with Gasteiger partial charge in [-0.2, -0.15) is 9.61 Å². The summed E-state index contributed by atoms with van der Waals surface area (Å²) in [5.74, 6) is 1.98. The van der Waals surface area contributed by atoms with Gasteiger partial charge in [0.2, 0.25) is 0 Å². The van der Waals surface area contributed by atoms with Crippen molar-refractivity contribution in [1.29, 1.82) is 0 Å². The number of pyridine rings is 1. The zero-order chi connectivity index (χ0) is 23.5. The van der Waals surface area contributed by atoms with Crippen LogP contribution in [-0.2, 0) is 4.74 Å². The molecule has 0 saturated carbocycles. The van der Waals surface area contributed by atoms with Crippen molar-refractivity contribution in [2.45, 2.75) is 39.7 Å². The Morgan fingerprint density at radius 2 is 1.88 bits per heavy atom. The Morgan fingerprint density at radius 1 is 1.15 bits per heavy atom. The second-order valence-corrected chi connectivity index (χ2v) is 8.90. The molecule has 1 saturated heterocycles. The summed E-state index contributed by atoms with van der Waals surface area (Å²) in [6.07, 6.45) is 6.08. The van der Waals surface area contributed by atoms with Crippen molar-refractivity contribution in [3.05, 3.63) is 47.2 Å². The summed E-state index contributed by atoms with van der Waals surface area (Å²) < 4.78 is 8.01. The number of aromatic nitrogens is 4. The summed E-state index contributed by atoms with van der Waals surface area (Å²) in [6, 6.07) is 10.2. The van der Waals surface area contributed by atoms with Crippen LogP contribution in [0.3, 0.4) is 0 Å². The number of nitrogens with two attached hydrogens (primary N) is 1. The fraction of sp³-hybridized carbons (Fsp3) is 0.400. The molecule has 2 N–H and O–H groups in total. The molecular formula is C25H31BrN6O. The number of hydrogen-bond acceptors (Lipinski definition) is 6. The third-order valence-electron chi connectivity index (χ3n) is 6.38. The highest BCUT2D eigenvalue weighted by molar-refractivity contribution is 9.10. The van der Waals surface area contributed by atoms with Crippen molar-refractivity contribution in [2.24, 2.45) is 5.92 Å². The Balaban J connectivity index is 0.00000126. The van der Waals surface area contributed by atoms with Crippen LogP contribution in [0.4, 0.5) is 11.6 Å². The number of halogens is 1. The molecule has 4 heterocycles. The van der Waals surface area contributed by atoms with Crippen LogP contribution in [0.1, 0.15) is 33.6 Å². The van der Waals surface area contributed by atoms with Crippen LogP contribution in [0.15, 0.2) is 47.2 Å². The molecule has 1 aromatic carbocycles. The number of nitrogen functional groups attached to an aromatic ring is 1. The molecule has 1 fully saturated rings. The minimum Gasteiger partial charge on any atom is -0.383 e. The van der Waals surface area contributed by atoms with E-state index in [0.717, 1.165) is 63.9 Å². The molecule has 3 aromatic heterocycles. The fourth-order valence-corrected chi connectivity index (χ4v) is 4.89. The van der Waals surface area contributed by atoms with Crippen LogP contribution in [0, 0.1) is 5.92 Å². The van der Waals surface area contributed by atoms with E-state index >= 15 is 0 Å². The Bertz CT molecular complexity index is 1250. The minimum atomic E-state index is 0.271. The van der Waals surface area contributed by atoms with Gasteiger partial charge in [0, 0.05) is 42.9 Å². The summed E-state index contributed by atoms with van der Waals surface area (Å²) in [6.45, 7) is 7.98. The maximum Gasteiger partial charge on any atom is 0.167 e. The molecule has 4 aromatic rings. The summed E-state index contributed by atoms with van der Waals surface area (Å²) in [5.41, 5.74) is 10.0. The van der Waals surface area contributed by atoms with E-state index in [4.69, 9.17) is 15.5 Å². The van der Waals surface area contributed by atoms with Gasteiger partial charge in [0.25, 0.3) is 0 Å². The van der Waals surface area contributed by atoms with Crippen LogP contribution in [-0.4, -0.2) is 45.9 Å². The van der Waals surface area contributed by atoms with Crippen molar-refractivity contribution in [2.75, 3.05) is 30.8 Å². The van der Waals surface area contributed by atoms with Gasteiger partial charge < -0.3 is 15.4 Å². The smallest absolute Gasteiger partial charge is 0.167 e. The van der Waals surface area contributed by atoms with Gasteiger partial charge in [0.05, 0.1) is 17.8 Å². The second kappa shape index (κ2) is 10.1. The number of fused-ring (bicyclic) bond motifs is 2. The molecule has 5 rings (SSSR count). The van der Waals surface area contributed by atoms with Gasteiger partial charge in [-0.3, -0.25) is 4.98 Å². The van der Waals surface area contributed by atoms with Gasteiger partial charge in [-0.05, 0) is 53.7 Å². The normalized spacial score (nSPS) is 15.5. The van der Waals surface area contributed by atoms with Crippen LogP contribution in [0.5, 0.6) is 0 Å². The number of para-hydroxylation sites is 1. The number of ether oxygens (including phenoxy) is 1. The van der Waals surface area contributed by atoms with Crippen molar-refractivity contribution >= 4 is 44.1 Å². The summed E-state index contributed by atoms with van der Waals surface area (Å²) in [5, 5.41) is 5.59. The van der Waals surface area contributed by atoms with Gasteiger partial charge in [-0.1, -0.05) is 32.0 Å². The Labute approximate surface area is 203 Å². The SMILES string of the molecule is CC.COC(C)C1CCN(c2nc3c(-c4cnc5ccccc5c4)cnn3c(N)c2Br)CC1. The summed E-state index contributed by atoms with van der Waals surface area (Å²) in [7, 11) is 1.78. The number of benzene rings is 1. The molecule has 7 nitrogen and oxygen atoms in total. The van der Waals surface area contributed by atoms with Gasteiger partial charge in [0.15, 0.2) is 5.65 Å². The molecule has 8 heteroatoms. The first-order valence-electron chi connectivity index (χ1n) is 11.5. The number of methoxy groups -OCH3 is 1. The largest absolute Gasteiger partial charge is 0.383 e. The first-order chi connectivity index (χ1) is 16.1. The topological polar surface area (TPSA) is 81.6 Å². The Kier molecular flexibility index (Phi) is 7.14. The van der Waals surface area contributed by atoms with Gasteiger partial charge in [0.1, 0.15) is 16.1 Å². The van der Waals surface area contributed by atoms with E-state index in [1.54, 1.807) is 11.6 Å². The zero-order valence-corrected chi connectivity index (χ0v) is 21.2. The van der Waals surface area contributed by atoms with Crippen LogP contribution in [0.25, 0.3) is 27.7 Å². The highest BCUT2D eigenvalue weighted by Gasteiger charge is 2.27. The number of rotatable bonds is 4. The van der Waals surface area contributed by atoms with E-state index in [9.17, 15) is 0 Å². The molecule has 0 bridgehead atoms. The highest BCUT2D eigenvalue weighted by Crippen LogP contribution is 2.36. The van der Waals surface area contributed by atoms with E-state index in [0.29, 0.717) is 11.7 Å². The zero-order valence-electron chi connectivity index (χ0n) is 19.6. The number of hydrogen-bond donors (Lipinski definition) is 1. The lowest BCUT2D eigenvalue weighted by atomic mass is 9.92. The standard InChI is InChI=1S/C23H25BrN6O.C2H6/c1-14(31-2)15-7-9-29(10-8-15)23-20(24)21(25)30-22(28-23)18(13-27-30)17-11-16-5-3-4-6-19(16)26-12-17;1-2/h3-6,11-15H,7-10,25H2,1-2H3;1-2H3. The van der Waals surface area contributed by atoms with E-state index in [1.807, 2.05) is 44.4 Å². The molecule has 0 radical (unpaired) electrons. The molecule has 0 aliphatic carbocycles. The average molecular weight is 511 g/mol. The van der Waals surface area contributed by atoms with Crippen molar-refractivity contribution in [3.8, 4) is 11.1 Å². The molecular weight excluding hydrogens is 480 g/mol. The molecule has 1 aliphatic heterocycles. The van der Waals surface area contributed by atoms with Crippen molar-refractivity contribution < 1.29 is 4.74 Å². The van der Waals surface area contributed by atoms with Gasteiger partial charge in [-0.25, -0.2) is 4.98 Å². The molecule has 1 atom stereocenters. The van der Waals surface area contributed by atoms with Gasteiger partial charge in [-0.15, -0.1) is 0 Å². The fourth-order valence-electron chi connectivity index (χ4n) is 4.39. The molecule has 174 valence electrons. The molecule has 1 unspecified atom stereocenters. The Morgan fingerprint density at radius 3 is 2.61 bits per heavy atom. The minimum absolute atomic E-state index is 0.271. The second-order valence-electron chi connectivity index (χ2n) is 8.11. The number of piperidine rings is 1. The maximum atomic E-state index is 6.46. The van der Waals surface area contributed by atoms with Gasteiger partial charge >= 0.3 is 0 Å². The van der Waals surface area contributed by atoms with Crippen LogP contribution < -0.4 is 10.6 Å². The summed E-state index contributed by atoms with van der Waals surface area (Å²) in [4.78, 5) is 11.9. The lowest BCUT2D eigenvalue weighted by molar-refractivity contribution is 0.0563. The first-order valence-corrected chi connectivity index (χ1v) is 12.3. The predicted molar refractivity (Wildman–Crippen MR) is 139 cm³/mol. The van der Waals surface area contributed by atoms with E-state index in [1.165, 1.54) is 0 Å². The summed E-state index contributed by atoms with van der Waals surface area (Å²) >= 11 is 3.67. The quantitative estimate of drug-likeness (QED) is 0.386. The third-order valence-corrected chi connectivity index (χ3v) is 7.14. The van der Waals surface area contributed by atoms with E-state index in [-0.39, 0.29) is 6.10 Å². The molecule has 33 heavy (non-hydrogen) atoms. The first kappa shape index (κ1) is 23.4. The predicted octanol–water partition coefficient (Wildman–Crippen LogP) is 5.57. The van der Waals surface area contributed by atoms with Crippen LogP contribution >= 0.6 is 15.9 Å². The lowest BCUT2D eigenvalue weighted by Crippen LogP contribution is -2.38. The average Bonchev–Trinajstić information content (AvgIpc) is 3.31. The van der Waals surface area contributed by atoms with Crippen molar-refractivity contribution in [1.82, 2.24) is 19.6 Å². The highest BCUT2D eigenvalue weighted by atomic mass is 79.9. The molecule has 0 spiro atoms. The Hall–Kier alpha value is -2.71. The molecule has 0 amide bonds. The molecule has 1 aliphatic rings. The lowest BCUT2D eigenvalue weighted by Gasteiger charge is -2.35. The third kappa shape index (κ3) is 4.42. The number of anilines is 2.